The van der Waals surface area contributed by atoms with E-state index in [1.165, 1.54) is 24.4 Å². The number of benzene rings is 1. The first-order valence-corrected chi connectivity index (χ1v) is 7.15. The van der Waals surface area contributed by atoms with E-state index in [1.54, 1.807) is 6.20 Å². The number of hydrogen-bond acceptors (Lipinski definition) is 3. The molecule has 0 atom stereocenters. The van der Waals surface area contributed by atoms with Crippen LogP contribution in [0.1, 0.15) is 5.56 Å². The van der Waals surface area contributed by atoms with Crippen LogP contribution < -0.4 is 4.72 Å². The fourth-order valence-electron chi connectivity index (χ4n) is 1.32. The van der Waals surface area contributed by atoms with Gasteiger partial charge in [-0.1, -0.05) is 23.2 Å². The molecule has 0 radical (unpaired) electrons. The highest BCUT2D eigenvalue weighted by Gasteiger charge is 2.17. The Morgan fingerprint density at radius 2 is 2.11 bits per heavy atom. The van der Waals surface area contributed by atoms with Gasteiger partial charge in [0, 0.05) is 23.3 Å². The van der Waals surface area contributed by atoms with Crippen molar-refractivity contribution in [1.29, 1.82) is 0 Å². The standard InChI is InChI=1S/C10H9Cl2N3O2S/c11-8-1-2-10(9(12)3-8)18(16,17)15-6-7-4-13-14-5-7/h1-5,15H,6H2,(H,13,14). The Bertz CT molecular complexity index is 641. The zero-order valence-electron chi connectivity index (χ0n) is 9.02. The molecular weight excluding hydrogens is 297 g/mol. The maximum atomic E-state index is 12.0. The van der Waals surface area contributed by atoms with E-state index in [1.807, 2.05) is 0 Å². The van der Waals surface area contributed by atoms with Gasteiger partial charge in [-0.15, -0.1) is 0 Å². The Morgan fingerprint density at radius 1 is 1.33 bits per heavy atom. The Morgan fingerprint density at radius 3 is 2.72 bits per heavy atom. The van der Waals surface area contributed by atoms with Crippen LogP contribution in [0.15, 0.2) is 35.5 Å². The van der Waals surface area contributed by atoms with Crippen LogP contribution in [-0.2, 0) is 16.6 Å². The monoisotopic (exact) mass is 305 g/mol. The number of hydrogen-bond donors (Lipinski definition) is 2. The summed E-state index contributed by atoms with van der Waals surface area (Å²) < 4.78 is 26.4. The highest BCUT2D eigenvalue weighted by atomic mass is 35.5. The molecule has 1 aromatic heterocycles. The third-order valence-electron chi connectivity index (χ3n) is 2.20. The summed E-state index contributed by atoms with van der Waals surface area (Å²) in [5.74, 6) is 0. The Balaban J connectivity index is 2.20. The number of halogens is 2. The second-order valence-electron chi connectivity index (χ2n) is 3.51. The van der Waals surface area contributed by atoms with Gasteiger partial charge in [-0.3, -0.25) is 5.10 Å². The minimum atomic E-state index is -3.67. The molecule has 8 heteroatoms. The lowest BCUT2D eigenvalue weighted by Crippen LogP contribution is -2.23. The van der Waals surface area contributed by atoms with Crippen molar-refractivity contribution in [1.82, 2.24) is 14.9 Å². The summed E-state index contributed by atoms with van der Waals surface area (Å²) in [6.07, 6.45) is 3.14. The highest BCUT2D eigenvalue weighted by Crippen LogP contribution is 2.24. The summed E-state index contributed by atoms with van der Waals surface area (Å²) >= 11 is 11.6. The molecule has 0 amide bonds. The van der Waals surface area contributed by atoms with Gasteiger partial charge in [-0.2, -0.15) is 5.10 Å². The smallest absolute Gasteiger partial charge is 0.242 e. The van der Waals surface area contributed by atoms with Gasteiger partial charge in [0.1, 0.15) is 4.90 Å². The molecular formula is C10H9Cl2N3O2S. The maximum absolute atomic E-state index is 12.0. The molecule has 1 heterocycles. The average molecular weight is 306 g/mol. The Hall–Kier alpha value is -1.08. The van der Waals surface area contributed by atoms with Crippen molar-refractivity contribution in [2.24, 2.45) is 0 Å². The van der Waals surface area contributed by atoms with Crippen LogP contribution in [0.4, 0.5) is 0 Å². The van der Waals surface area contributed by atoms with Crippen molar-refractivity contribution in [3.05, 3.63) is 46.2 Å². The summed E-state index contributed by atoms with van der Waals surface area (Å²) in [6, 6.07) is 4.22. The molecule has 0 unspecified atom stereocenters. The van der Waals surface area contributed by atoms with Crippen LogP contribution in [0.2, 0.25) is 10.0 Å². The lowest BCUT2D eigenvalue weighted by atomic mass is 10.4. The van der Waals surface area contributed by atoms with Crippen LogP contribution in [0.25, 0.3) is 0 Å². The van der Waals surface area contributed by atoms with E-state index in [4.69, 9.17) is 23.2 Å². The number of aromatic nitrogens is 2. The van der Waals surface area contributed by atoms with Crippen LogP contribution in [-0.4, -0.2) is 18.6 Å². The molecule has 0 fully saturated rings. The molecule has 0 bridgehead atoms. The van der Waals surface area contributed by atoms with E-state index in [0.717, 1.165) is 5.56 Å². The molecule has 0 spiro atoms. The van der Waals surface area contributed by atoms with Gasteiger partial charge in [-0.05, 0) is 18.2 Å². The minimum absolute atomic E-state index is 0.00272. The fourth-order valence-corrected chi connectivity index (χ4v) is 3.11. The molecule has 1 aromatic carbocycles. The van der Waals surface area contributed by atoms with Gasteiger partial charge in [0.2, 0.25) is 10.0 Å². The van der Waals surface area contributed by atoms with Gasteiger partial charge in [-0.25, -0.2) is 13.1 Å². The number of H-pyrrole nitrogens is 1. The molecule has 18 heavy (non-hydrogen) atoms. The maximum Gasteiger partial charge on any atom is 0.242 e. The first-order chi connectivity index (χ1) is 8.49. The molecule has 0 saturated carbocycles. The number of aromatic amines is 1. The van der Waals surface area contributed by atoms with E-state index in [-0.39, 0.29) is 16.5 Å². The van der Waals surface area contributed by atoms with E-state index < -0.39 is 10.0 Å². The lowest BCUT2D eigenvalue weighted by molar-refractivity contribution is 0.581. The van der Waals surface area contributed by atoms with Crippen molar-refractivity contribution in [3.8, 4) is 0 Å². The van der Waals surface area contributed by atoms with Crippen LogP contribution in [0, 0.1) is 0 Å². The molecule has 5 nitrogen and oxygen atoms in total. The predicted molar refractivity (Wildman–Crippen MR) is 69.1 cm³/mol. The predicted octanol–water partition coefficient (Wildman–Crippen LogP) is 2.19. The number of nitrogens with zero attached hydrogens (tertiary/aromatic N) is 1. The lowest BCUT2D eigenvalue weighted by Gasteiger charge is -2.07. The molecule has 2 aromatic rings. The molecule has 0 saturated heterocycles. The highest BCUT2D eigenvalue weighted by molar-refractivity contribution is 7.89. The molecule has 2 N–H and O–H groups in total. The van der Waals surface area contributed by atoms with E-state index in [9.17, 15) is 8.42 Å². The summed E-state index contributed by atoms with van der Waals surface area (Å²) in [5.41, 5.74) is 0.726. The summed E-state index contributed by atoms with van der Waals surface area (Å²) in [7, 11) is -3.67. The molecule has 0 aliphatic rings. The SMILES string of the molecule is O=S(=O)(NCc1cn[nH]c1)c1ccc(Cl)cc1Cl. The van der Waals surface area contributed by atoms with Crippen molar-refractivity contribution >= 4 is 33.2 Å². The second-order valence-corrected chi connectivity index (χ2v) is 6.08. The Labute approximate surface area is 114 Å². The summed E-state index contributed by atoms with van der Waals surface area (Å²) in [5, 5.41) is 6.79. The van der Waals surface area contributed by atoms with Crippen LogP contribution in [0.3, 0.4) is 0 Å². The third kappa shape index (κ3) is 3.02. The molecule has 0 aliphatic heterocycles. The van der Waals surface area contributed by atoms with Gasteiger partial charge in [0.25, 0.3) is 0 Å². The topological polar surface area (TPSA) is 74.8 Å². The average Bonchev–Trinajstić information content (AvgIpc) is 2.78. The van der Waals surface area contributed by atoms with Crippen molar-refractivity contribution < 1.29 is 8.42 Å². The van der Waals surface area contributed by atoms with Crippen molar-refractivity contribution in [2.75, 3.05) is 0 Å². The zero-order chi connectivity index (χ0) is 13.2. The normalized spacial score (nSPS) is 11.7. The number of rotatable bonds is 4. The quantitative estimate of drug-likeness (QED) is 0.909. The van der Waals surface area contributed by atoms with Gasteiger partial charge in [0.05, 0.1) is 11.2 Å². The largest absolute Gasteiger partial charge is 0.285 e. The minimum Gasteiger partial charge on any atom is -0.285 e. The van der Waals surface area contributed by atoms with Gasteiger partial charge >= 0.3 is 0 Å². The van der Waals surface area contributed by atoms with Crippen LogP contribution >= 0.6 is 23.2 Å². The van der Waals surface area contributed by atoms with E-state index in [0.29, 0.717) is 5.02 Å². The Kier molecular flexibility index (Phi) is 3.91. The summed E-state index contributed by atoms with van der Waals surface area (Å²) in [6.45, 7) is 0.137. The van der Waals surface area contributed by atoms with Crippen molar-refractivity contribution in [3.63, 3.8) is 0 Å². The number of sulfonamides is 1. The molecule has 2 rings (SSSR count). The third-order valence-corrected chi connectivity index (χ3v) is 4.32. The first-order valence-electron chi connectivity index (χ1n) is 4.91. The van der Waals surface area contributed by atoms with E-state index in [2.05, 4.69) is 14.9 Å². The fraction of sp³-hybridized carbons (Fsp3) is 0.100. The van der Waals surface area contributed by atoms with Crippen LogP contribution in [0.5, 0.6) is 0 Å². The number of nitrogens with one attached hydrogen (secondary N) is 2. The van der Waals surface area contributed by atoms with Gasteiger partial charge in [0.15, 0.2) is 0 Å². The molecule has 0 aliphatic carbocycles. The molecule has 96 valence electrons. The summed E-state index contributed by atoms with van der Waals surface area (Å²) in [4.78, 5) is -0.00272. The van der Waals surface area contributed by atoms with Gasteiger partial charge < -0.3 is 0 Å². The van der Waals surface area contributed by atoms with Crippen molar-refractivity contribution in [2.45, 2.75) is 11.4 Å². The first kappa shape index (κ1) is 13.4. The second kappa shape index (κ2) is 5.27. The zero-order valence-corrected chi connectivity index (χ0v) is 11.4. The van der Waals surface area contributed by atoms with E-state index >= 15 is 0 Å².